The number of halogens is 1. The Morgan fingerprint density at radius 3 is 2.53 bits per heavy atom. The van der Waals surface area contributed by atoms with Gasteiger partial charge in [-0.15, -0.1) is 0 Å². The van der Waals surface area contributed by atoms with Crippen molar-refractivity contribution in [2.75, 3.05) is 19.4 Å². The summed E-state index contributed by atoms with van der Waals surface area (Å²) in [5, 5.41) is 11.1. The number of pyridine rings is 1. The van der Waals surface area contributed by atoms with Gasteiger partial charge in [0.15, 0.2) is 0 Å². The number of aromatic nitrogens is 3. The Morgan fingerprint density at radius 1 is 1.12 bits per heavy atom. The normalized spacial score (nSPS) is 12.2. The van der Waals surface area contributed by atoms with E-state index < -0.39 is 0 Å². The number of amides is 2. The van der Waals surface area contributed by atoms with E-state index in [0.717, 1.165) is 27.8 Å². The molecule has 2 heterocycles. The predicted molar refractivity (Wildman–Crippen MR) is 123 cm³/mol. The first-order valence-electron chi connectivity index (χ1n) is 10.3. The Labute approximate surface area is 185 Å². The molecule has 164 valence electrons. The van der Waals surface area contributed by atoms with Gasteiger partial charge in [-0.05, 0) is 56.9 Å². The Balaban J connectivity index is 1.63. The van der Waals surface area contributed by atoms with Crippen LogP contribution in [0.3, 0.4) is 0 Å². The summed E-state index contributed by atoms with van der Waals surface area (Å²) >= 11 is 0. The minimum Gasteiger partial charge on any atom is -0.331 e. The maximum atomic E-state index is 13.4. The first-order valence-corrected chi connectivity index (χ1v) is 10.3. The summed E-state index contributed by atoms with van der Waals surface area (Å²) in [4.78, 5) is 19.3. The smallest absolute Gasteiger partial charge is 0.320 e. The van der Waals surface area contributed by atoms with Crippen LogP contribution in [-0.2, 0) is 6.54 Å². The second-order valence-corrected chi connectivity index (χ2v) is 7.89. The van der Waals surface area contributed by atoms with E-state index in [-0.39, 0.29) is 17.9 Å². The first-order chi connectivity index (χ1) is 15.4. The summed E-state index contributed by atoms with van der Waals surface area (Å²) < 4.78 is 15.1. The number of urea groups is 1. The maximum absolute atomic E-state index is 13.4. The molecule has 0 saturated carbocycles. The van der Waals surface area contributed by atoms with Crippen molar-refractivity contribution in [3.8, 4) is 5.69 Å². The van der Waals surface area contributed by atoms with E-state index in [1.54, 1.807) is 29.1 Å². The molecular weight excluding hydrogens is 407 g/mol. The molecular formula is C24H25FN6O. The van der Waals surface area contributed by atoms with E-state index in [2.05, 4.69) is 20.7 Å². The van der Waals surface area contributed by atoms with Gasteiger partial charge in [0.05, 0.1) is 29.1 Å². The maximum Gasteiger partial charge on any atom is 0.320 e. The van der Waals surface area contributed by atoms with Crippen LogP contribution in [0.5, 0.6) is 0 Å². The van der Waals surface area contributed by atoms with Gasteiger partial charge in [-0.1, -0.05) is 30.3 Å². The lowest BCUT2D eigenvalue weighted by atomic mass is 10.1. The summed E-state index contributed by atoms with van der Waals surface area (Å²) in [5.74, 6) is 0.129. The quantitative estimate of drug-likeness (QED) is 0.470. The molecule has 0 bridgehead atoms. The molecule has 0 unspecified atom stereocenters. The molecule has 0 fully saturated rings. The number of hydrogen-bond acceptors (Lipinski definition) is 4. The van der Waals surface area contributed by atoms with Crippen LogP contribution in [0.25, 0.3) is 16.6 Å². The standard InChI is InChI=1S/C24H25FN6O/c1-16(17-7-5-4-6-8-17)27-24(32)29-22-13-18-14-26-31(20-11-9-19(25)10-12-20)23(18)21(28-22)15-30(2)3/h4-14,16H,15H2,1-3H3,(H2,27,28,29,32)/t16-/m1/s1. The highest BCUT2D eigenvalue weighted by molar-refractivity contribution is 5.92. The van der Waals surface area contributed by atoms with E-state index in [4.69, 9.17) is 0 Å². The fourth-order valence-corrected chi connectivity index (χ4v) is 3.56. The van der Waals surface area contributed by atoms with Crippen LogP contribution in [-0.4, -0.2) is 39.8 Å². The van der Waals surface area contributed by atoms with E-state index in [9.17, 15) is 9.18 Å². The van der Waals surface area contributed by atoms with Crippen LogP contribution >= 0.6 is 0 Å². The number of nitrogens with one attached hydrogen (secondary N) is 2. The van der Waals surface area contributed by atoms with Gasteiger partial charge in [-0.2, -0.15) is 5.10 Å². The lowest BCUT2D eigenvalue weighted by Crippen LogP contribution is -2.31. The van der Waals surface area contributed by atoms with Gasteiger partial charge < -0.3 is 10.2 Å². The number of hydrogen-bond donors (Lipinski definition) is 2. The second kappa shape index (κ2) is 9.15. The molecule has 0 aliphatic heterocycles. The first kappa shape index (κ1) is 21.5. The summed E-state index contributed by atoms with van der Waals surface area (Å²) in [7, 11) is 3.89. The van der Waals surface area contributed by atoms with Gasteiger partial charge >= 0.3 is 6.03 Å². The molecule has 4 aromatic rings. The summed E-state index contributed by atoms with van der Waals surface area (Å²) in [5.41, 5.74) is 3.31. The van der Waals surface area contributed by atoms with Crippen LogP contribution in [0.2, 0.25) is 0 Å². The van der Waals surface area contributed by atoms with Crippen molar-refractivity contribution >= 4 is 22.8 Å². The lowest BCUT2D eigenvalue weighted by Gasteiger charge is -2.16. The van der Waals surface area contributed by atoms with Gasteiger partial charge in [-0.25, -0.2) is 18.9 Å². The Morgan fingerprint density at radius 2 is 1.84 bits per heavy atom. The third-order valence-electron chi connectivity index (χ3n) is 5.04. The molecule has 2 amide bonds. The summed E-state index contributed by atoms with van der Waals surface area (Å²) in [6.07, 6.45) is 1.72. The SMILES string of the molecule is C[C@@H](NC(=O)Nc1cc2cnn(-c3ccc(F)cc3)c2c(CN(C)C)n1)c1ccccc1. The topological polar surface area (TPSA) is 75.1 Å². The third-order valence-corrected chi connectivity index (χ3v) is 5.04. The number of nitrogens with zero attached hydrogens (tertiary/aromatic N) is 4. The van der Waals surface area contributed by atoms with Crippen molar-refractivity contribution in [1.29, 1.82) is 0 Å². The second-order valence-electron chi connectivity index (χ2n) is 7.89. The lowest BCUT2D eigenvalue weighted by molar-refractivity contribution is 0.249. The summed E-state index contributed by atoms with van der Waals surface area (Å²) in [6, 6.07) is 17.2. The van der Waals surface area contributed by atoms with Crippen molar-refractivity contribution in [1.82, 2.24) is 25.0 Å². The molecule has 1 atom stereocenters. The molecule has 2 aromatic heterocycles. The molecule has 7 nitrogen and oxygen atoms in total. The van der Waals surface area contributed by atoms with Crippen molar-refractivity contribution in [2.45, 2.75) is 19.5 Å². The molecule has 0 saturated heterocycles. The molecule has 2 N–H and O–H groups in total. The van der Waals surface area contributed by atoms with Crippen molar-refractivity contribution in [3.05, 3.63) is 83.9 Å². The van der Waals surface area contributed by atoms with Crippen LogP contribution < -0.4 is 10.6 Å². The molecule has 0 radical (unpaired) electrons. The Bertz CT molecular complexity index is 1220. The largest absolute Gasteiger partial charge is 0.331 e. The number of anilines is 1. The molecule has 2 aromatic carbocycles. The summed E-state index contributed by atoms with van der Waals surface area (Å²) in [6.45, 7) is 2.47. The third kappa shape index (κ3) is 4.76. The van der Waals surface area contributed by atoms with Crippen molar-refractivity contribution in [3.63, 3.8) is 0 Å². The highest BCUT2D eigenvalue weighted by Crippen LogP contribution is 2.25. The number of carbonyl (C=O) groups excluding carboxylic acids is 1. The number of fused-ring (bicyclic) bond motifs is 1. The fraction of sp³-hybridized carbons (Fsp3) is 0.208. The molecule has 0 spiro atoms. The molecule has 0 aliphatic rings. The molecule has 8 heteroatoms. The molecule has 4 rings (SSSR count). The van der Waals surface area contributed by atoms with Gasteiger partial charge in [0.1, 0.15) is 11.6 Å². The van der Waals surface area contributed by atoms with Crippen LogP contribution in [0, 0.1) is 5.82 Å². The van der Waals surface area contributed by atoms with Crippen LogP contribution in [0.15, 0.2) is 66.9 Å². The minimum absolute atomic E-state index is 0.151. The van der Waals surface area contributed by atoms with Crippen LogP contribution in [0.1, 0.15) is 24.2 Å². The zero-order chi connectivity index (χ0) is 22.7. The average Bonchev–Trinajstić information content (AvgIpc) is 3.18. The molecule has 0 aliphatic carbocycles. The number of carbonyl (C=O) groups is 1. The van der Waals surface area contributed by atoms with E-state index in [1.807, 2.05) is 56.3 Å². The highest BCUT2D eigenvalue weighted by Gasteiger charge is 2.16. The monoisotopic (exact) mass is 432 g/mol. The van der Waals surface area contributed by atoms with Gasteiger partial charge in [0.2, 0.25) is 0 Å². The minimum atomic E-state index is -0.338. The van der Waals surface area contributed by atoms with E-state index in [0.29, 0.717) is 12.4 Å². The highest BCUT2D eigenvalue weighted by atomic mass is 19.1. The average molecular weight is 433 g/mol. The Kier molecular flexibility index (Phi) is 6.13. The molecule has 32 heavy (non-hydrogen) atoms. The number of benzene rings is 2. The fourth-order valence-electron chi connectivity index (χ4n) is 3.56. The van der Waals surface area contributed by atoms with Crippen LogP contribution in [0.4, 0.5) is 15.0 Å². The zero-order valence-electron chi connectivity index (χ0n) is 18.2. The zero-order valence-corrected chi connectivity index (χ0v) is 18.2. The number of rotatable bonds is 6. The van der Waals surface area contributed by atoms with Gasteiger partial charge in [0.25, 0.3) is 0 Å². The van der Waals surface area contributed by atoms with E-state index in [1.165, 1.54) is 12.1 Å². The van der Waals surface area contributed by atoms with E-state index >= 15 is 0 Å². The van der Waals surface area contributed by atoms with Gasteiger partial charge in [-0.3, -0.25) is 5.32 Å². The van der Waals surface area contributed by atoms with Gasteiger partial charge in [0, 0.05) is 11.9 Å². The Hall–Kier alpha value is -3.78. The van der Waals surface area contributed by atoms with Crippen molar-refractivity contribution < 1.29 is 9.18 Å². The predicted octanol–water partition coefficient (Wildman–Crippen LogP) is 4.50. The van der Waals surface area contributed by atoms with Crippen molar-refractivity contribution in [2.24, 2.45) is 0 Å².